The highest BCUT2D eigenvalue weighted by Crippen LogP contribution is 2.44. The molecule has 0 aliphatic carbocycles. The summed E-state index contributed by atoms with van der Waals surface area (Å²) in [5.41, 5.74) is 13.2. The molecule has 0 aromatic heterocycles. The van der Waals surface area contributed by atoms with E-state index in [-0.39, 0.29) is 22.7 Å². The Morgan fingerprint density at radius 2 is 1.79 bits per heavy atom. The van der Waals surface area contributed by atoms with E-state index in [0.717, 1.165) is 0 Å². The molecule has 8 nitrogen and oxygen atoms in total. The van der Waals surface area contributed by atoms with Crippen LogP contribution in [0.5, 0.6) is 0 Å². The molecular formula is C6H4N8+2. The Balaban J connectivity index is 3.64. The molecule has 0 radical (unpaired) electrons. The number of diazo groups is 2. The van der Waals surface area contributed by atoms with E-state index in [2.05, 4.69) is 20.2 Å². The lowest BCUT2D eigenvalue weighted by molar-refractivity contribution is 1.10. The van der Waals surface area contributed by atoms with Crippen LogP contribution in [-0.2, 0) is 0 Å². The molecule has 1 rings (SSSR count). The molecule has 1 aromatic carbocycles. The van der Waals surface area contributed by atoms with Crippen LogP contribution in [0.15, 0.2) is 22.4 Å². The summed E-state index contributed by atoms with van der Waals surface area (Å²) in [5.74, 6) is 0. The summed E-state index contributed by atoms with van der Waals surface area (Å²) in [5, 5.41) is 23.2. The zero-order valence-electron chi connectivity index (χ0n) is 6.84. The van der Waals surface area contributed by atoms with Crippen LogP contribution in [-0.4, -0.2) is 0 Å². The maximum atomic E-state index is 8.59. The van der Waals surface area contributed by atoms with E-state index in [0.29, 0.717) is 0 Å². The van der Waals surface area contributed by atoms with Crippen LogP contribution in [0.1, 0.15) is 0 Å². The first-order valence-electron chi connectivity index (χ1n) is 3.40. The van der Waals surface area contributed by atoms with Crippen LogP contribution < -0.4 is 0 Å². The van der Waals surface area contributed by atoms with Crippen molar-refractivity contribution in [1.29, 1.82) is 21.8 Å². The summed E-state index contributed by atoms with van der Waals surface area (Å²) in [6, 6.07) is 2.61. The Bertz CT molecular complexity index is 476. The highest BCUT2D eigenvalue weighted by atomic mass is 15.1. The van der Waals surface area contributed by atoms with Gasteiger partial charge >= 0.3 is 11.4 Å². The van der Waals surface area contributed by atoms with Crippen molar-refractivity contribution in [3.05, 3.63) is 22.1 Å². The first-order chi connectivity index (χ1) is 6.78. The minimum absolute atomic E-state index is 0.0501. The first-order valence-corrected chi connectivity index (χ1v) is 3.40. The van der Waals surface area contributed by atoms with E-state index in [9.17, 15) is 0 Å². The lowest BCUT2D eigenvalue weighted by Crippen LogP contribution is -1.69. The third kappa shape index (κ3) is 1.28. The summed E-state index contributed by atoms with van der Waals surface area (Å²) in [6.07, 6.45) is 0. The van der Waals surface area contributed by atoms with Gasteiger partial charge in [0.2, 0.25) is 16.5 Å². The van der Waals surface area contributed by atoms with Crippen molar-refractivity contribution >= 4 is 22.7 Å². The van der Waals surface area contributed by atoms with E-state index in [4.69, 9.17) is 21.8 Å². The molecule has 0 amide bonds. The van der Waals surface area contributed by atoms with Gasteiger partial charge in [-0.15, -0.1) is 5.11 Å². The standard InChI is InChI=1S/C6H4N8/c7-11-3-1-2-4(12-8)6(14-10)5(3)13-9/h1-2,7,9H/q+2. The van der Waals surface area contributed by atoms with Crippen molar-refractivity contribution < 1.29 is 0 Å². The molecule has 0 aliphatic rings. The minimum Gasteiger partial charge on any atom is -0.204 e. The fourth-order valence-corrected chi connectivity index (χ4v) is 0.938. The third-order valence-corrected chi connectivity index (χ3v) is 1.55. The van der Waals surface area contributed by atoms with Gasteiger partial charge in [-0.1, -0.05) is 0 Å². The summed E-state index contributed by atoms with van der Waals surface area (Å²) in [6.45, 7) is 0. The van der Waals surface area contributed by atoms with Crippen molar-refractivity contribution in [3.8, 4) is 0 Å². The molecule has 2 N–H and O–H groups in total. The molecule has 0 fully saturated rings. The van der Waals surface area contributed by atoms with Crippen LogP contribution in [0.25, 0.3) is 9.95 Å². The lowest BCUT2D eigenvalue weighted by Gasteiger charge is -1.88. The van der Waals surface area contributed by atoms with Crippen molar-refractivity contribution in [2.75, 3.05) is 0 Å². The number of rotatable bonds is 2. The molecule has 0 bridgehead atoms. The van der Waals surface area contributed by atoms with Crippen LogP contribution >= 0.6 is 0 Å². The van der Waals surface area contributed by atoms with Gasteiger partial charge in [-0.05, 0) is 6.07 Å². The van der Waals surface area contributed by atoms with Gasteiger partial charge in [-0.25, -0.2) is 11.1 Å². The van der Waals surface area contributed by atoms with E-state index in [1.807, 2.05) is 0 Å². The largest absolute Gasteiger partial charge is 0.507 e. The molecule has 0 spiro atoms. The molecule has 1 aromatic rings. The average molecular weight is 188 g/mol. The quantitative estimate of drug-likeness (QED) is 0.537. The average Bonchev–Trinajstić information content (AvgIpc) is 2.26. The molecule has 0 heterocycles. The second-order valence-electron chi connectivity index (χ2n) is 2.22. The van der Waals surface area contributed by atoms with Gasteiger partial charge in [0, 0.05) is 6.07 Å². The second kappa shape index (κ2) is 3.78. The summed E-state index contributed by atoms with van der Waals surface area (Å²) in [7, 11) is 0. The molecule has 0 saturated heterocycles. The predicted octanol–water partition coefficient (Wildman–Crippen LogP) is 3.98. The maximum Gasteiger partial charge on any atom is 0.507 e. The van der Waals surface area contributed by atoms with E-state index >= 15 is 0 Å². The fourth-order valence-electron chi connectivity index (χ4n) is 0.938. The molecule has 0 aliphatic heterocycles. The number of hydrogen-bond acceptors (Lipinski definition) is 6. The summed E-state index contributed by atoms with van der Waals surface area (Å²) >= 11 is 0. The van der Waals surface area contributed by atoms with Crippen LogP contribution in [0.3, 0.4) is 0 Å². The highest BCUT2D eigenvalue weighted by molar-refractivity contribution is 5.88. The third-order valence-electron chi connectivity index (χ3n) is 1.55. The Kier molecular flexibility index (Phi) is 2.52. The van der Waals surface area contributed by atoms with Gasteiger partial charge in [0.15, 0.2) is 9.95 Å². The Morgan fingerprint density at radius 3 is 2.21 bits per heavy atom. The number of benzene rings is 1. The van der Waals surface area contributed by atoms with Crippen LogP contribution in [0.4, 0.5) is 22.7 Å². The molecule has 0 saturated carbocycles. The van der Waals surface area contributed by atoms with Crippen molar-refractivity contribution in [2.45, 2.75) is 0 Å². The zero-order valence-corrected chi connectivity index (χ0v) is 6.84. The molecule has 0 atom stereocenters. The monoisotopic (exact) mass is 188 g/mol. The number of nitrogens with one attached hydrogen (secondary N) is 2. The summed E-state index contributed by atoms with van der Waals surface area (Å²) < 4.78 is 0. The smallest absolute Gasteiger partial charge is 0.204 e. The van der Waals surface area contributed by atoms with Gasteiger partial charge in [-0.3, -0.25) is 0 Å². The van der Waals surface area contributed by atoms with Crippen LogP contribution in [0.2, 0.25) is 0 Å². The predicted molar refractivity (Wildman–Crippen MR) is 45.5 cm³/mol. The zero-order chi connectivity index (χ0) is 10.6. The second-order valence-corrected chi connectivity index (χ2v) is 2.22. The van der Waals surface area contributed by atoms with E-state index < -0.39 is 0 Å². The lowest BCUT2D eigenvalue weighted by atomic mass is 10.2. The molecule has 8 heteroatoms. The Hall–Kier alpha value is -2.74. The Morgan fingerprint density at radius 1 is 1.07 bits per heavy atom. The molecular weight excluding hydrogens is 184 g/mol. The van der Waals surface area contributed by atoms with E-state index in [1.54, 1.807) is 0 Å². The fraction of sp³-hybridized carbons (Fsp3) is 0. The number of hydrogen-bond donors (Lipinski definition) is 2. The normalized spacial score (nSPS) is 8.43. The molecule has 66 valence electrons. The van der Waals surface area contributed by atoms with Gasteiger partial charge in [0.25, 0.3) is 0 Å². The van der Waals surface area contributed by atoms with E-state index in [1.165, 1.54) is 12.1 Å². The highest BCUT2D eigenvalue weighted by Gasteiger charge is 2.33. The first kappa shape index (κ1) is 9.35. The number of nitrogens with zero attached hydrogens (tertiary/aromatic N) is 6. The SMILES string of the molecule is N#[N+]c1ccc(N=N)c(N=N)c1[N+]#N. The maximum absolute atomic E-state index is 8.59. The topological polar surface area (TPSA) is 129 Å². The van der Waals surface area contributed by atoms with Crippen molar-refractivity contribution in [1.82, 2.24) is 0 Å². The van der Waals surface area contributed by atoms with Crippen LogP contribution in [0, 0.1) is 21.8 Å². The molecule has 0 unspecified atom stereocenters. The van der Waals surface area contributed by atoms with Gasteiger partial charge in [0.1, 0.15) is 5.69 Å². The summed E-state index contributed by atoms with van der Waals surface area (Å²) in [4.78, 5) is 5.64. The Labute approximate surface area is 77.8 Å². The minimum atomic E-state index is -0.198. The molecule has 14 heavy (non-hydrogen) atoms. The van der Waals surface area contributed by atoms with Crippen molar-refractivity contribution in [3.63, 3.8) is 0 Å². The van der Waals surface area contributed by atoms with Gasteiger partial charge < -0.3 is 0 Å². The van der Waals surface area contributed by atoms with Gasteiger partial charge in [-0.2, -0.15) is 5.11 Å². The van der Waals surface area contributed by atoms with Gasteiger partial charge in [0.05, 0.1) is 0 Å². The van der Waals surface area contributed by atoms with Crippen molar-refractivity contribution in [2.24, 2.45) is 10.2 Å².